The number of pyridine rings is 1. The number of anilines is 2. The summed E-state index contributed by atoms with van der Waals surface area (Å²) >= 11 is 0. The van der Waals surface area contributed by atoms with Crippen molar-refractivity contribution in [2.45, 2.75) is 39.0 Å². The minimum Gasteiger partial charge on any atom is -0.494 e. The van der Waals surface area contributed by atoms with Crippen LogP contribution in [0.25, 0.3) is 0 Å². The number of nitrogens with one attached hydrogen (secondary N) is 2. The summed E-state index contributed by atoms with van der Waals surface area (Å²) in [5.74, 6) is 0.442. The molecule has 0 bridgehead atoms. The zero-order valence-electron chi connectivity index (χ0n) is 18.7. The van der Waals surface area contributed by atoms with E-state index in [4.69, 9.17) is 4.74 Å². The van der Waals surface area contributed by atoms with Gasteiger partial charge >= 0.3 is 0 Å². The Morgan fingerprint density at radius 3 is 2.31 bits per heavy atom. The lowest BCUT2D eigenvalue weighted by atomic mass is 9.87. The van der Waals surface area contributed by atoms with E-state index >= 15 is 0 Å². The first-order valence-corrected chi connectivity index (χ1v) is 10.7. The highest BCUT2D eigenvalue weighted by molar-refractivity contribution is 6.04. The Morgan fingerprint density at radius 1 is 0.938 bits per heavy atom. The smallest absolute Gasteiger partial charge is 0.257 e. The van der Waals surface area contributed by atoms with E-state index in [1.807, 2.05) is 12.1 Å². The third-order valence-corrected chi connectivity index (χ3v) is 4.87. The quantitative estimate of drug-likeness (QED) is 0.466. The molecule has 0 aliphatic carbocycles. The molecule has 0 atom stereocenters. The maximum atomic E-state index is 12.3. The van der Waals surface area contributed by atoms with Crippen LogP contribution in [-0.2, 0) is 10.2 Å². The van der Waals surface area contributed by atoms with Crippen LogP contribution in [0.1, 0.15) is 49.5 Å². The number of carbonyl (C=O) groups excluding carboxylic acids is 2. The number of rotatable bonds is 8. The lowest BCUT2D eigenvalue weighted by Crippen LogP contribution is -2.14. The molecule has 2 N–H and O–H groups in total. The molecule has 6 heteroatoms. The van der Waals surface area contributed by atoms with Crippen molar-refractivity contribution in [3.63, 3.8) is 0 Å². The van der Waals surface area contributed by atoms with Gasteiger partial charge in [0, 0.05) is 30.2 Å². The van der Waals surface area contributed by atoms with Crippen LogP contribution in [0.15, 0.2) is 73.1 Å². The first kappa shape index (κ1) is 23.0. The van der Waals surface area contributed by atoms with Gasteiger partial charge in [0.2, 0.25) is 5.91 Å². The molecule has 1 heterocycles. The van der Waals surface area contributed by atoms with E-state index in [0.29, 0.717) is 36.4 Å². The molecule has 0 radical (unpaired) electrons. The third kappa shape index (κ3) is 6.94. The second-order valence-corrected chi connectivity index (χ2v) is 8.55. The molecule has 0 aliphatic rings. The van der Waals surface area contributed by atoms with Gasteiger partial charge < -0.3 is 15.4 Å². The average molecular weight is 432 g/mol. The Kier molecular flexibility index (Phi) is 7.60. The maximum Gasteiger partial charge on any atom is 0.257 e. The molecule has 6 nitrogen and oxygen atoms in total. The van der Waals surface area contributed by atoms with Gasteiger partial charge in [0.25, 0.3) is 5.91 Å². The molecule has 0 saturated carbocycles. The molecule has 3 aromatic rings. The van der Waals surface area contributed by atoms with Gasteiger partial charge in [0.1, 0.15) is 5.75 Å². The standard InChI is InChI=1S/C26H29N3O3/c1-26(2,3)20-11-13-23(14-12-20)32-16-6-10-24(30)28-21-8-4-9-22(17-21)29-25(31)19-7-5-15-27-18-19/h4-5,7-9,11-15,17-18H,6,10,16H2,1-3H3,(H,28,30)(H,29,31). The summed E-state index contributed by atoms with van der Waals surface area (Å²) in [5.41, 5.74) is 3.05. The van der Waals surface area contributed by atoms with Gasteiger partial charge in [-0.3, -0.25) is 14.6 Å². The van der Waals surface area contributed by atoms with Crippen LogP contribution < -0.4 is 15.4 Å². The minimum absolute atomic E-state index is 0.104. The van der Waals surface area contributed by atoms with Crippen LogP contribution in [0.5, 0.6) is 5.75 Å². The number of aromatic nitrogens is 1. The fourth-order valence-electron chi connectivity index (χ4n) is 3.07. The Hall–Kier alpha value is -3.67. The van der Waals surface area contributed by atoms with E-state index in [-0.39, 0.29) is 17.2 Å². The fourth-order valence-corrected chi connectivity index (χ4v) is 3.07. The van der Waals surface area contributed by atoms with Gasteiger partial charge in [-0.2, -0.15) is 0 Å². The molecule has 0 unspecified atom stereocenters. The number of hydrogen-bond donors (Lipinski definition) is 2. The van der Waals surface area contributed by atoms with E-state index < -0.39 is 0 Å². The van der Waals surface area contributed by atoms with Gasteiger partial charge in [-0.1, -0.05) is 39.0 Å². The van der Waals surface area contributed by atoms with E-state index in [1.165, 1.54) is 11.8 Å². The minimum atomic E-state index is -0.255. The molecule has 0 saturated heterocycles. The van der Waals surface area contributed by atoms with Crippen molar-refractivity contribution in [2.75, 3.05) is 17.2 Å². The van der Waals surface area contributed by atoms with Crippen LogP contribution in [0.4, 0.5) is 11.4 Å². The lowest BCUT2D eigenvalue weighted by Gasteiger charge is -2.19. The largest absolute Gasteiger partial charge is 0.494 e. The second-order valence-electron chi connectivity index (χ2n) is 8.55. The zero-order chi connectivity index (χ0) is 23.0. The van der Waals surface area contributed by atoms with Gasteiger partial charge in [0.05, 0.1) is 12.2 Å². The maximum absolute atomic E-state index is 12.3. The summed E-state index contributed by atoms with van der Waals surface area (Å²) in [6.07, 6.45) is 4.05. The highest BCUT2D eigenvalue weighted by atomic mass is 16.5. The van der Waals surface area contributed by atoms with Crippen LogP contribution in [0.3, 0.4) is 0 Å². The van der Waals surface area contributed by atoms with Crippen LogP contribution in [-0.4, -0.2) is 23.4 Å². The Bertz CT molecular complexity index is 1040. The molecule has 3 rings (SSSR count). The summed E-state index contributed by atoms with van der Waals surface area (Å²) in [6, 6.07) is 18.5. The lowest BCUT2D eigenvalue weighted by molar-refractivity contribution is -0.116. The van der Waals surface area contributed by atoms with Crippen LogP contribution >= 0.6 is 0 Å². The van der Waals surface area contributed by atoms with Crippen molar-refractivity contribution in [2.24, 2.45) is 0 Å². The molecule has 32 heavy (non-hydrogen) atoms. The molecular weight excluding hydrogens is 402 g/mol. The van der Waals surface area contributed by atoms with Gasteiger partial charge in [0.15, 0.2) is 0 Å². The Morgan fingerprint density at radius 2 is 1.66 bits per heavy atom. The van der Waals surface area contributed by atoms with E-state index in [1.54, 1.807) is 42.6 Å². The number of hydrogen-bond acceptors (Lipinski definition) is 4. The predicted octanol–water partition coefficient (Wildman–Crippen LogP) is 5.43. The van der Waals surface area contributed by atoms with E-state index in [2.05, 4.69) is 48.5 Å². The van der Waals surface area contributed by atoms with Gasteiger partial charge in [-0.15, -0.1) is 0 Å². The van der Waals surface area contributed by atoms with Crippen LogP contribution in [0.2, 0.25) is 0 Å². The molecule has 1 aromatic heterocycles. The number of benzene rings is 2. The number of carbonyl (C=O) groups is 2. The normalized spacial score (nSPS) is 11.0. The molecule has 0 aliphatic heterocycles. The fraction of sp³-hybridized carbons (Fsp3) is 0.269. The van der Waals surface area contributed by atoms with Crippen molar-refractivity contribution in [3.05, 3.63) is 84.2 Å². The van der Waals surface area contributed by atoms with Gasteiger partial charge in [-0.05, 0) is 59.9 Å². The zero-order valence-corrected chi connectivity index (χ0v) is 18.7. The molecule has 0 fully saturated rings. The second kappa shape index (κ2) is 10.6. The SMILES string of the molecule is CC(C)(C)c1ccc(OCCCC(=O)Nc2cccc(NC(=O)c3cccnc3)c2)cc1. The summed E-state index contributed by atoms with van der Waals surface area (Å²) in [6.45, 7) is 6.98. The molecule has 2 amide bonds. The summed E-state index contributed by atoms with van der Waals surface area (Å²) < 4.78 is 5.75. The van der Waals surface area contributed by atoms with Crippen molar-refractivity contribution in [3.8, 4) is 5.75 Å². The number of amides is 2. The highest BCUT2D eigenvalue weighted by Crippen LogP contribution is 2.24. The number of nitrogens with zero attached hydrogens (tertiary/aromatic N) is 1. The van der Waals surface area contributed by atoms with Crippen molar-refractivity contribution >= 4 is 23.2 Å². The van der Waals surface area contributed by atoms with E-state index in [9.17, 15) is 9.59 Å². The molecule has 0 spiro atoms. The van der Waals surface area contributed by atoms with Crippen LogP contribution in [0, 0.1) is 0 Å². The summed E-state index contributed by atoms with van der Waals surface area (Å²) in [7, 11) is 0. The van der Waals surface area contributed by atoms with Crippen molar-refractivity contribution in [1.29, 1.82) is 0 Å². The first-order chi connectivity index (χ1) is 15.3. The number of ether oxygens (including phenoxy) is 1. The Labute approximate surface area is 189 Å². The predicted molar refractivity (Wildman–Crippen MR) is 127 cm³/mol. The van der Waals surface area contributed by atoms with Gasteiger partial charge in [-0.25, -0.2) is 0 Å². The van der Waals surface area contributed by atoms with E-state index in [0.717, 1.165) is 5.75 Å². The Balaban J connectivity index is 1.43. The highest BCUT2D eigenvalue weighted by Gasteiger charge is 2.13. The molecule has 166 valence electrons. The summed E-state index contributed by atoms with van der Waals surface area (Å²) in [4.78, 5) is 28.5. The topological polar surface area (TPSA) is 80.3 Å². The molecule has 2 aromatic carbocycles. The average Bonchev–Trinajstić information content (AvgIpc) is 2.77. The van der Waals surface area contributed by atoms with Crippen molar-refractivity contribution in [1.82, 2.24) is 4.98 Å². The molecular formula is C26H29N3O3. The van der Waals surface area contributed by atoms with Crippen molar-refractivity contribution < 1.29 is 14.3 Å². The summed E-state index contributed by atoms with van der Waals surface area (Å²) in [5, 5.41) is 5.67. The first-order valence-electron chi connectivity index (χ1n) is 10.7. The monoisotopic (exact) mass is 431 g/mol. The third-order valence-electron chi connectivity index (χ3n) is 4.87.